The molecule has 0 radical (unpaired) electrons. The van der Waals surface area contributed by atoms with Gasteiger partial charge in [0, 0.05) is 53.9 Å². The SMILES string of the molecule is Cc1nc(-c2ccc3c(-c4nc(N[C@H]5CCCNC5)ncc4C(F)(F)F)c[nH]c3c2)no1. The molecule has 0 spiro atoms. The summed E-state index contributed by atoms with van der Waals surface area (Å²) in [6.07, 6.45) is -0.338. The van der Waals surface area contributed by atoms with E-state index in [9.17, 15) is 13.2 Å². The topological polar surface area (TPSA) is 105 Å². The number of rotatable bonds is 4. The number of hydrogen-bond acceptors (Lipinski definition) is 7. The molecule has 11 heteroatoms. The van der Waals surface area contributed by atoms with Gasteiger partial charge in [0.15, 0.2) is 0 Å². The van der Waals surface area contributed by atoms with E-state index in [1.807, 2.05) is 0 Å². The number of H-pyrrole nitrogens is 1. The lowest BCUT2D eigenvalue weighted by Crippen LogP contribution is -2.38. The van der Waals surface area contributed by atoms with Gasteiger partial charge in [0.1, 0.15) is 5.56 Å². The lowest BCUT2D eigenvalue weighted by Gasteiger charge is -2.24. The van der Waals surface area contributed by atoms with Gasteiger partial charge >= 0.3 is 6.18 Å². The van der Waals surface area contributed by atoms with Crippen LogP contribution in [0.3, 0.4) is 0 Å². The van der Waals surface area contributed by atoms with E-state index in [4.69, 9.17) is 4.52 Å². The van der Waals surface area contributed by atoms with Crippen molar-refractivity contribution in [2.24, 2.45) is 0 Å². The summed E-state index contributed by atoms with van der Waals surface area (Å²) < 4.78 is 46.3. The summed E-state index contributed by atoms with van der Waals surface area (Å²) in [5.41, 5.74) is 0.610. The number of halogens is 3. The van der Waals surface area contributed by atoms with Crippen molar-refractivity contribution in [2.45, 2.75) is 32.0 Å². The maximum Gasteiger partial charge on any atom is 0.419 e. The second-order valence-electron chi connectivity index (χ2n) is 7.74. The van der Waals surface area contributed by atoms with E-state index in [2.05, 4.69) is 35.7 Å². The molecule has 1 aromatic carbocycles. The first-order valence-corrected chi connectivity index (χ1v) is 10.2. The number of nitrogens with zero attached hydrogens (tertiary/aromatic N) is 4. The minimum atomic E-state index is -4.59. The molecule has 0 saturated carbocycles. The minimum Gasteiger partial charge on any atom is -0.360 e. The Morgan fingerprint density at radius 2 is 2.09 bits per heavy atom. The van der Waals surface area contributed by atoms with Crippen molar-refractivity contribution >= 4 is 16.9 Å². The highest BCUT2D eigenvalue weighted by Crippen LogP contribution is 2.39. The molecule has 1 aliphatic heterocycles. The average Bonchev–Trinajstić information content (AvgIpc) is 3.39. The largest absolute Gasteiger partial charge is 0.419 e. The Balaban J connectivity index is 1.56. The number of nitrogens with one attached hydrogen (secondary N) is 3. The number of alkyl halides is 3. The molecule has 1 aliphatic rings. The van der Waals surface area contributed by atoms with E-state index < -0.39 is 11.7 Å². The lowest BCUT2D eigenvalue weighted by molar-refractivity contribution is -0.137. The number of benzene rings is 1. The molecule has 8 nitrogen and oxygen atoms in total. The van der Waals surface area contributed by atoms with Crippen LogP contribution in [-0.4, -0.2) is 44.2 Å². The molecule has 3 aromatic heterocycles. The molecule has 1 atom stereocenters. The zero-order chi connectivity index (χ0) is 22.3. The third-order valence-corrected chi connectivity index (χ3v) is 5.45. The summed E-state index contributed by atoms with van der Waals surface area (Å²) in [6, 6.07) is 5.30. The molecular weight excluding hydrogens is 423 g/mol. The predicted molar refractivity (Wildman–Crippen MR) is 112 cm³/mol. The Hall–Kier alpha value is -3.47. The highest BCUT2D eigenvalue weighted by molar-refractivity contribution is 5.97. The highest BCUT2D eigenvalue weighted by Gasteiger charge is 2.36. The third-order valence-electron chi connectivity index (χ3n) is 5.45. The summed E-state index contributed by atoms with van der Waals surface area (Å²) in [4.78, 5) is 15.4. The molecule has 0 aliphatic carbocycles. The Labute approximate surface area is 180 Å². The van der Waals surface area contributed by atoms with E-state index in [0.29, 0.717) is 40.3 Å². The number of aryl methyl sites for hydroxylation is 1. The van der Waals surface area contributed by atoms with Crippen LogP contribution >= 0.6 is 0 Å². The number of fused-ring (bicyclic) bond motifs is 1. The normalized spacial score (nSPS) is 17.1. The van der Waals surface area contributed by atoms with Gasteiger partial charge in [-0.05, 0) is 25.5 Å². The molecular formula is C21H20F3N7O. The van der Waals surface area contributed by atoms with Crippen molar-refractivity contribution in [3.63, 3.8) is 0 Å². The maximum atomic E-state index is 13.8. The van der Waals surface area contributed by atoms with Crippen LogP contribution in [0.2, 0.25) is 0 Å². The van der Waals surface area contributed by atoms with Gasteiger partial charge in [-0.15, -0.1) is 0 Å². The van der Waals surface area contributed by atoms with Crippen LogP contribution in [0.4, 0.5) is 19.1 Å². The van der Waals surface area contributed by atoms with Crippen molar-refractivity contribution in [1.82, 2.24) is 30.4 Å². The van der Waals surface area contributed by atoms with E-state index in [1.54, 1.807) is 25.1 Å². The molecule has 4 heterocycles. The smallest absolute Gasteiger partial charge is 0.360 e. The minimum absolute atomic E-state index is 0.0669. The number of anilines is 1. The molecule has 0 unspecified atom stereocenters. The monoisotopic (exact) mass is 443 g/mol. The molecule has 3 N–H and O–H groups in total. The lowest BCUT2D eigenvalue weighted by atomic mass is 10.0. The number of aromatic nitrogens is 5. The van der Waals surface area contributed by atoms with Crippen LogP contribution in [0.5, 0.6) is 0 Å². The van der Waals surface area contributed by atoms with E-state index in [0.717, 1.165) is 25.6 Å². The third kappa shape index (κ3) is 3.91. The fourth-order valence-corrected chi connectivity index (χ4v) is 3.90. The summed E-state index contributed by atoms with van der Waals surface area (Å²) in [5.74, 6) is 1.01. The van der Waals surface area contributed by atoms with Gasteiger partial charge in [-0.2, -0.15) is 18.2 Å². The Morgan fingerprint density at radius 1 is 1.22 bits per heavy atom. The summed E-state index contributed by atoms with van der Waals surface area (Å²) in [6.45, 7) is 3.33. The first-order chi connectivity index (χ1) is 15.4. The van der Waals surface area contributed by atoms with Crippen LogP contribution in [-0.2, 0) is 6.18 Å². The zero-order valence-electron chi connectivity index (χ0n) is 17.1. The van der Waals surface area contributed by atoms with Crippen LogP contribution < -0.4 is 10.6 Å². The highest BCUT2D eigenvalue weighted by atomic mass is 19.4. The van der Waals surface area contributed by atoms with Crippen molar-refractivity contribution in [3.05, 3.63) is 42.0 Å². The summed E-state index contributed by atoms with van der Waals surface area (Å²) in [7, 11) is 0. The van der Waals surface area contributed by atoms with Gasteiger partial charge in [-0.1, -0.05) is 17.3 Å². The van der Waals surface area contributed by atoms with Crippen LogP contribution in [0, 0.1) is 6.92 Å². The zero-order valence-corrected chi connectivity index (χ0v) is 17.1. The van der Waals surface area contributed by atoms with E-state index >= 15 is 0 Å². The molecule has 1 saturated heterocycles. The van der Waals surface area contributed by atoms with Crippen molar-refractivity contribution in [2.75, 3.05) is 18.4 Å². The molecule has 166 valence electrons. The van der Waals surface area contributed by atoms with Gasteiger partial charge in [0.05, 0.1) is 5.69 Å². The average molecular weight is 443 g/mol. The van der Waals surface area contributed by atoms with Crippen LogP contribution in [0.1, 0.15) is 24.3 Å². The standard InChI is InChI=1S/C21H20F3N7O/c1-11-28-19(31-32-11)12-4-5-14-15(9-26-17(14)7-12)18-16(21(22,23)24)10-27-20(30-18)29-13-3-2-6-25-8-13/h4-5,7,9-10,13,25-26H,2-3,6,8H2,1H3,(H,27,29,30)/t13-/m0/s1. The van der Waals surface area contributed by atoms with Crippen molar-refractivity contribution in [1.29, 1.82) is 0 Å². The fraction of sp³-hybridized carbons (Fsp3) is 0.333. The summed E-state index contributed by atoms with van der Waals surface area (Å²) >= 11 is 0. The molecule has 5 rings (SSSR count). The maximum absolute atomic E-state index is 13.8. The fourth-order valence-electron chi connectivity index (χ4n) is 3.90. The second-order valence-corrected chi connectivity index (χ2v) is 7.74. The van der Waals surface area contributed by atoms with E-state index in [-0.39, 0.29) is 17.7 Å². The molecule has 32 heavy (non-hydrogen) atoms. The van der Waals surface area contributed by atoms with E-state index in [1.165, 1.54) is 6.20 Å². The van der Waals surface area contributed by atoms with Gasteiger partial charge in [-0.3, -0.25) is 0 Å². The Bertz CT molecular complexity index is 1260. The summed E-state index contributed by atoms with van der Waals surface area (Å²) in [5, 5.41) is 10.9. The first-order valence-electron chi connectivity index (χ1n) is 10.2. The number of aromatic amines is 1. The van der Waals surface area contributed by atoms with Crippen LogP contribution in [0.15, 0.2) is 35.1 Å². The quantitative estimate of drug-likeness (QED) is 0.435. The first kappa shape index (κ1) is 20.4. The molecule has 0 amide bonds. The molecule has 1 fully saturated rings. The van der Waals surface area contributed by atoms with Crippen LogP contribution in [0.25, 0.3) is 33.5 Å². The molecule has 4 aromatic rings. The van der Waals surface area contributed by atoms with Gasteiger partial charge in [0.25, 0.3) is 0 Å². The Kier molecular flexibility index (Phi) is 5.04. The number of hydrogen-bond donors (Lipinski definition) is 3. The Morgan fingerprint density at radius 3 is 2.81 bits per heavy atom. The van der Waals surface area contributed by atoms with Crippen molar-refractivity contribution < 1.29 is 17.7 Å². The number of piperidine rings is 1. The second kappa shape index (κ2) is 7.90. The van der Waals surface area contributed by atoms with Gasteiger partial charge in [0.2, 0.25) is 17.7 Å². The van der Waals surface area contributed by atoms with Gasteiger partial charge < -0.3 is 20.1 Å². The molecule has 0 bridgehead atoms. The van der Waals surface area contributed by atoms with Crippen molar-refractivity contribution in [3.8, 4) is 22.6 Å². The van der Waals surface area contributed by atoms with Gasteiger partial charge in [-0.25, -0.2) is 9.97 Å². The predicted octanol–water partition coefficient (Wildman–Crippen LogP) is 4.17.